The summed E-state index contributed by atoms with van der Waals surface area (Å²) in [6, 6.07) is 3.05. The van der Waals surface area contributed by atoms with E-state index in [1.165, 1.54) is 0 Å². The third-order valence-electron chi connectivity index (χ3n) is 6.63. The van der Waals surface area contributed by atoms with Crippen molar-refractivity contribution in [2.24, 2.45) is 17.4 Å². The summed E-state index contributed by atoms with van der Waals surface area (Å²) < 4.78 is 0. The lowest BCUT2D eigenvalue weighted by molar-refractivity contribution is -0.149. The molecule has 1 aliphatic rings. The van der Waals surface area contributed by atoms with Gasteiger partial charge in [-0.3, -0.25) is 19.2 Å². The molecule has 12 heteroatoms. The number of nitrogens with zero attached hydrogens (tertiary/aromatic N) is 1. The molecule has 38 heavy (non-hydrogen) atoms. The van der Waals surface area contributed by atoms with Gasteiger partial charge in [0.15, 0.2) is 0 Å². The molecule has 0 aliphatic carbocycles. The normalized spacial score (nSPS) is 17.7. The van der Waals surface area contributed by atoms with Gasteiger partial charge in [0.05, 0.1) is 12.5 Å². The fourth-order valence-electron chi connectivity index (χ4n) is 4.78. The van der Waals surface area contributed by atoms with Crippen LogP contribution in [0.5, 0.6) is 0 Å². The molecule has 4 amide bonds. The van der Waals surface area contributed by atoms with E-state index in [1.54, 1.807) is 6.20 Å². The first kappa shape index (κ1) is 28.6. The largest absolute Gasteiger partial charge is 0.480 e. The number of hydrogen-bond acceptors (Lipinski definition) is 6. The Hall–Kier alpha value is -3.93. The third-order valence-corrected chi connectivity index (χ3v) is 6.63. The minimum atomic E-state index is -1.38. The van der Waals surface area contributed by atoms with Crippen LogP contribution in [0.15, 0.2) is 30.5 Å². The number of hydrogen-bond donors (Lipinski definition) is 6. The van der Waals surface area contributed by atoms with Crippen molar-refractivity contribution in [2.75, 3.05) is 6.54 Å². The molecule has 0 saturated carbocycles. The number of carbonyl (C=O) groups excluding carboxylic acids is 4. The van der Waals surface area contributed by atoms with Gasteiger partial charge in [0, 0.05) is 30.1 Å². The van der Waals surface area contributed by atoms with E-state index in [0.717, 1.165) is 21.4 Å². The summed E-state index contributed by atoms with van der Waals surface area (Å²) in [5, 5.41) is 15.6. The van der Waals surface area contributed by atoms with E-state index in [0.29, 0.717) is 12.8 Å². The lowest BCUT2D eigenvalue weighted by Gasteiger charge is -2.28. The van der Waals surface area contributed by atoms with Gasteiger partial charge < -0.3 is 37.1 Å². The number of primary amides is 1. The highest BCUT2D eigenvalue weighted by Gasteiger charge is 2.39. The predicted octanol–water partition coefficient (Wildman–Crippen LogP) is 0.00440. The highest BCUT2D eigenvalue weighted by atomic mass is 16.4. The zero-order valence-electron chi connectivity index (χ0n) is 21.6. The number of fused-ring (bicyclic) bond motifs is 1. The molecular formula is C26H36N6O6. The highest BCUT2D eigenvalue weighted by molar-refractivity contribution is 5.96. The molecular weight excluding hydrogens is 492 g/mol. The topological polar surface area (TPSA) is 201 Å². The second-order valence-electron chi connectivity index (χ2n) is 10.1. The van der Waals surface area contributed by atoms with E-state index in [-0.39, 0.29) is 25.3 Å². The van der Waals surface area contributed by atoms with Crippen LogP contribution in [0.2, 0.25) is 0 Å². The second-order valence-corrected chi connectivity index (χ2v) is 10.1. The van der Waals surface area contributed by atoms with Gasteiger partial charge in [-0.2, -0.15) is 0 Å². The van der Waals surface area contributed by atoms with Crippen molar-refractivity contribution in [3.05, 3.63) is 36.0 Å². The molecule has 1 aliphatic heterocycles. The fraction of sp³-hybridized carbons (Fsp3) is 0.500. The summed E-state index contributed by atoms with van der Waals surface area (Å²) in [4.78, 5) is 67.2. The molecule has 8 N–H and O–H groups in total. The Labute approximate surface area is 220 Å². The zero-order chi connectivity index (χ0) is 28.0. The van der Waals surface area contributed by atoms with Crippen molar-refractivity contribution in [3.8, 4) is 0 Å². The molecule has 0 radical (unpaired) electrons. The maximum Gasteiger partial charge on any atom is 0.326 e. The van der Waals surface area contributed by atoms with Crippen molar-refractivity contribution in [1.82, 2.24) is 20.5 Å². The molecule has 206 valence electrons. The summed E-state index contributed by atoms with van der Waals surface area (Å²) in [5.74, 6) is -3.81. The fourth-order valence-corrected chi connectivity index (χ4v) is 4.78. The van der Waals surface area contributed by atoms with Crippen LogP contribution in [0.3, 0.4) is 0 Å². The van der Waals surface area contributed by atoms with Gasteiger partial charge in [-0.15, -0.1) is 0 Å². The molecule has 1 fully saturated rings. The van der Waals surface area contributed by atoms with Crippen LogP contribution in [0.25, 0.3) is 10.9 Å². The first-order valence-corrected chi connectivity index (χ1v) is 12.7. The van der Waals surface area contributed by atoms with Crippen LogP contribution in [-0.2, 0) is 30.4 Å². The maximum absolute atomic E-state index is 13.5. The number of H-pyrrole nitrogens is 1. The number of nitrogens with two attached hydrogens (primary N) is 2. The molecule has 4 atom stereocenters. The van der Waals surface area contributed by atoms with Crippen molar-refractivity contribution < 1.29 is 29.1 Å². The van der Waals surface area contributed by atoms with Gasteiger partial charge in [0.1, 0.15) is 18.1 Å². The van der Waals surface area contributed by atoms with E-state index in [4.69, 9.17) is 11.5 Å². The van der Waals surface area contributed by atoms with E-state index >= 15 is 0 Å². The lowest BCUT2D eigenvalue weighted by Crippen LogP contribution is -2.58. The van der Waals surface area contributed by atoms with E-state index in [2.05, 4.69) is 15.6 Å². The highest BCUT2D eigenvalue weighted by Crippen LogP contribution is 2.21. The number of aromatic amines is 1. The number of carbonyl (C=O) groups is 5. The predicted molar refractivity (Wildman–Crippen MR) is 139 cm³/mol. The summed E-state index contributed by atoms with van der Waals surface area (Å²) in [6.07, 6.45) is 2.45. The smallest absolute Gasteiger partial charge is 0.326 e. The lowest BCUT2D eigenvalue weighted by atomic mass is 10.0. The number of carboxylic acids is 1. The van der Waals surface area contributed by atoms with Gasteiger partial charge in [-0.1, -0.05) is 32.0 Å². The van der Waals surface area contributed by atoms with Gasteiger partial charge >= 0.3 is 5.97 Å². The van der Waals surface area contributed by atoms with Crippen molar-refractivity contribution in [1.29, 1.82) is 0 Å². The Morgan fingerprint density at radius 1 is 1.11 bits per heavy atom. The molecule has 1 saturated heterocycles. The summed E-state index contributed by atoms with van der Waals surface area (Å²) in [7, 11) is 0. The molecule has 1 aromatic heterocycles. The molecule has 2 aromatic rings. The third kappa shape index (κ3) is 7.09. The second kappa shape index (κ2) is 12.5. The van der Waals surface area contributed by atoms with Crippen LogP contribution < -0.4 is 22.1 Å². The van der Waals surface area contributed by atoms with Crippen LogP contribution in [0, 0.1) is 5.92 Å². The summed E-state index contributed by atoms with van der Waals surface area (Å²) in [6.45, 7) is 4.03. The van der Waals surface area contributed by atoms with E-state index < -0.39 is 60.2 Å². The number of nitrogens with one attached hydrogen (secondary N) is 3. The molecule has 1 aromatic carbocycles. The number of benzene rings is 1. The maximum atomic E-state index is 13.5. The van der Waals surface area contributed by atoms with E-state index in [9.17, 15) is 29.1 Å². The van der Waals surface area contributed by atoms with Gasteiger partial charge in [-0.25, -0.2) is 4.79 Å². The molecule has 0 spiro atoms. The number of aromatic nitrogens is 1. The molecule has 2 heterocycles. The molecule has 12 nitrogen and oxygen atoms in total. The number of rotatable bonds is 12. The standard InChI is InChI=1S/C26H36N6O6/c1-14(2)10-17(27)23(34)30-19(11-15-13-29-18-7-4-3-6-16(15)18)24(35)31-20(12-22(28)33)25(36)32-9-5-8-21(32)26(37)38/h3-4,6-7,13-14,17,19-21,29H,5,8-12,27H2,1-2H3,(H2,28,33)(H,30,34)(H,31,35)(H,37,38). The van der Waals surface area contributed by atoms with Gasteiger partial charge in [0.25, 0.3) is 0 Å². The minimum Gasteiger partial charge on any atom is -0.480 e. The Bertz CT molecular complexity index is 1190. The Balaban J connectivity index is 1.85. The van der Waals surface area contributed by atoms with Crippen LogP contribution in [0.4, 0.5) is 0 Å². The average molecular weight is 529 g/mol. The van der Waals surface area contributed by atoms with E-state index in [1.807, 2.05) is 38.1 Å². The molecule has 0 bridgehead atoms. The number of aliphatic carboxylic acids is 1. The number of carboxylic acid groups (broad SMARTS) is 1. The Kier molecular flexibility index (Phi) is 9.45. The Morgan fingerprint density at radius 2 is 1.79 bits per heavy atom. The molecule has 3 rings (SSSR count). The first-order valence-electron chi connectivity index (χ1n) is 12.7. The van der Waals surface area contributed by atoms with Crippen LogP contribution in [0.1, 0.15) is 45.1 Å². The van der Waals surface area contributed by atoms with Crippen LogP contribution >= 0.6 is 0 Å². The SMILES string of the molecule is CC(C)CC(N)C(=O)NC(Cc1c[nH]c2ccccc12)C(=O)NC(CC(N)=O)C(=O)N1CCCC1C(=O)O. The quantitative estimate of drug-likeness (QED) is 0.222. The van der Waals surface area contributed by atoms with Crippen molar-refractivity contribution in [3.63, 3.8) is 0 Å². The number of para-hydroxylation sites is 1. The van der Waals surface area contributed by atoms with Crippen LogP contribution in [-0.4, -0.2) is 75.3 Å². The Morgan fingerprint density at radius 3 is 2.45 bits per heavy atom. The number of amides is 4. The average Bonchev–Trinajstić information content (AvgIpc) is 3.49. The van der Waals surface area contributed by atoms with Gasteiger partial charge in [-0.05, 0) is 36.8 Å². The van der Waals surface area contributed by atoms with Crippen molar-refractivity contribution >= 4 is 40.5 Å². The van der Waals surface area contributed by atoms with Gasteiger partial charge in [0.2, 0.25) is 23.6 Å². The molecule has 4 unspecified atom stereocenters. The first-order chi connectivity index (χ1) is 18.0. The summed E-state index contributed by atoms with van der Waals surface area (Å²) >= 11 is 0. The zero-order valence-corrected chi connectivity index (χ0v) is 21.6. The van der Waals surface area contributed by atoms with Crippen molar-refractivity contribution in [2.45, 2.75) is 70.1 Å². The minimum absolute atomic E-state index is 0.0783. The number of likely N-dealkylation sites (tertiary alicyclic amines) is 1. The monoisotopic (exact) mass is 528 g/mol. The summed E-state index contributed by atoms with van der Waals surface area (Å²) in [5.41, 5.74) is 13.0.